The van der Waals surface area contributed by atoms with Gasteiger partial charge in [-0.3, -0.25) is 4.79 Å². The van der Waals surface area contributed by atoms with Gasteiger partial charge in [0.15, 0.2) is 0 Å². The van der Waals surface area contributed by atoms with Crippen LogP contribution < -0.4 is 5.32 Å². The Kier molecular flexibility index (Phi) is 5.64. The molecule has 1 N–H and O–H groups in total. The molecule has 4 heteroatoms. The summed E-state index contributed by atoms with van der Waals surface area (Å²) in [5.41, 5.74) is 1.04. The van der Waals surface area contributed by atoms with Gasteiger partial charge in [0.25, 0.3) is 0 Å². The minimum Gasteiger partial charge on any atom is -0.356 e. The van der Waals surface area contributed by atoms with Crippen LogP contribution in [0.15, 0.2) is 18.2 Å². The third-order valence-electron chi connectivity index (χ3n) is 2.14. The summed E-state index contributed by atoms with van der Waals surface area (Å²) in [6, 6.07) is 5.42. The third-order valence-corrected chi connectivity index (χ3v) is 2.57. The topological polar surface area (TPSA) is 29.1 Å². The molecule has 0 unspecified atom stereocenters. The van der Waals surface area contributed by atoms with E-state index in [1.165, 1.54) is 0 Å². The van der Waals surface area contributed by atoms with Gasteiger partial charge < -0.3 is 5.32 Å². The van der Waals surface area contributed by atoms with Crippen molar-refractivity contribution < 1.29 is 4.79 Å². The van der Waals surface area contributed by atoms with Crippen LogP contribution in [0.5, 0.6) is 0 Å². The summed E-state index contributed by atoms with van der Waals surface area (Å²) < 4.78 is 0. The highest BCUT2D eigenvalue weighted by atomic mass is 35.5. The molecule has 0 aliphatic carbocycles. The maximum Gasteiger partial charge on any atom is 0.219 e. The molecule has 16 heavy (non-hydrogen) atoms. The quantitative estimate of drug-likeness (QED) is 0.863. The highest BCUT2D eigenvalue weighted by Gasteiger charge is 2.01. The average molecular weight is 260 g/mol. The van der Waals surface area contributed by atoms with Crippen molar-refractivity contribution >= 4 is 29.1 Å². The Balaban J connectivity index is 2.40. The maximum absolute atomic E-state index is 11.2. The van der Waals surface area contributed by atoms with Crippen LogP contribution in [0, 0.1) is 0 Å². The van der Waals surface area contributed by atoms with Crippen molar-refractivity contribution in [1.29, 1.82) is 0 Å². The summed E-state index contributed by atoms with van der Waals surface area (Å²) in [7, 11) is 0. The molecule has 0 radical (unpaired) electrons. The van der Waals surface area contributed by atoms with Gasteiger partial charge in [-0.1, -0.05) is 30.1 Å². The number of rotatable bonds is 5. The Morgan fingerprint density at radius 1 is 1.25 bits per heavy atom. The number of nitrogens with one attached hydrogen (secondary N) is 1. The van der Waals surface area contributed by atoms with E-state index in [0.29, 0.717) is 23.0 Å². The first-order chi connectivity index (χ1) is 7.61. The smallest absolute Gasteiger partial charge is 0.219 e. The highest BCUT2D eigenvalue weighted by molar-refractivity contribution is 6.34. The van der Waals surface area contributed by atoms with Crippen molar-refractivity contribution in [3.8, 4) is 0 Å². The molecule has 1 amide bonds. The highest BCUT2D eigenvalue weighted by Crippen LogP contribution is 2.19. The van der Waals surface area contributed by atoms with Crippen LogP contribution in [0.3, 0.4) is 0 Å². The Hall–Kier alpha value is -0.730. The minimum absolute atomic E-state index is 0.0932. The predicted octanol–water partition coefficient (Wildman–Crippen LogP) is 3.45. The van der Waals surface area contributed by atoms with E-state index in [4.69, 9.17) is 23.2 Å². The van der Waals surface area contributed by atoms with Crippen molar-refractivity contribution in [3.63, 3.8) is 0 Å². The van der Waals surface area contributed by atoms with E-state index in [1.54, 1.807) is 6.07 Å². The van der Waals surface area contributed by atoms with Gasteiger partial charge in [-0.15, -0.1) is 0 Å². The number of benzene rings is 1. The molecule has 2 nitrogen and oxygen atoms in total. The lowest BCUT2D eigenvalue weighted by atomic mass is 10.1. The summed E-state index contributed by atoms with van der Waals surface area (Å²) in [6.07, 6.45) is 2.20. The fourth-order valence-electron chi connectivity index (χ4n) is 1.42. The molecule has 0 fully saturated rings. The van der Waals surface area contributed by atoms with Crippen molar-refractivity contribution in [2.75, 3.05) is 6.54 Å². The summed E-state index contributed by atoms with van der Waals surface area (Å²) in [6.45, 7) is 2.60. The second kappa shape index (κ2) is 6.77. The molecule has 1 aromatic rings. The van der Waals surface area contributed by atoms with Crippen molar-refractivity contribution in [3.05, 3.63) is 33.8 Å². The van der Waals surface area contributed by atoms with Gasteiger partial charge in [-0.05, 0) is 36.6 Å². The zero-order valence-electron chi connectivity index (χ0n) is 9.22. The summed E-state index contributed by atoms with van der Waals surface area (Å²) in [4.78, 5) is 11.2. The van der Waals surface area contributed by atoms with Gasteiger partial charge in [-0.25, -0.2) is 0 Å². The number of halogens is 2. The molecule has 0 atom stereocenters. The van der Waals surface area contributed by atoms with E-state index >= 15 is 0 Å². The Morgan fingerprint density at radius 2 is 1.88 bits per heavy atom. The Morgan fingerprint density at radius 3 is 2.44 bits per heavy atom. The molecule has 1 aromatic carbocycles. The van der Waals surface area contributed by atoms with Crippen LogP contribution in [-0.4, -0.2) is 12.5 Å². The molecule has 88 valence electrons. The number of carbonyl (C=O) groups is 1. The standard InChI is InChI=1S/C12H15Cl2NO/c1-2-3-12(16)15-5-4-9-6-10(13)8-11(14)7-9/h6-8H,2-5H2,1H3,(H,15,16). The lowest BCUT2D eigenvalue weighted by Crippen LogP contribution is -2.25. The molecule has 0 saturated heterocycles. The maximum atomic E-state index is 11.2. The van der Waals surface area contributed by atoms with Crippen molar-refractivity contribution in [2.24, 2.45) is 0 Å². The normalized spacial score (nSPS) is 10.2. The first kappa shape index (κ1) is 13.3. The second-order valence-electron chi connectivity index (χ2n) is 3.63. The number of hydrogen-bond acceptors (Lipinski definition) is 1. The number of amides is 1. The average Bonchev–Trinajstić information content (AvgIpc) is 2.16. The lowest BCUT2D eigenvalue weighted by Gasteiger charge is -2.05. The molecule has 0 bridgehead atoms. The van der Waals surface area contributed by atoms with Crippen LogP contribution in [0.2, 0.25) is 10.0 Å². The van der Waals surface area contributed by atoms with Crippen LogP contribution in [0.1, 0.15) is 25.3 Å². The molecular weight excluding hydrogens is 245 g/mol. The summed E-state index contributed by atoms with van der Waals surface area (Å²) in [5.74, 6) is 0.0932. The van der Waals surface area contributed by atoms with E-state index in [2.05, 4.69) is 5.32 Å². The monoisotopic (exact) mass is 259 g/mol. The largest absolute Gasteiger partial charge is 0.356 e. The predicted molar refractivity (Wildman–Crippen MR) is 68.1 cm³/mol. The molecule has 0 heterocycles. The van der Waals surface area contributed by atoms with Crippen LogP contribution in [-0.2, 0) is 11.2 Å². The second-order valence-corrected chi connectivity index (χ2v) is 4.50. The van der Waals surface area contributed by atoms with Crippen LogP contribution in [0.4, 0.5) is 0 Å². The lowest BCUT2D eigenvalue weighted by molar-refractivity contribution is -0.121. The first-order valence-electron chi connectivity index (χ1n) is 5.33. The van der Waals surface area contributed by atoms with Crippen LogP contribution >= 0.6 is 23.2 Å². The van der Waals surface area contributed by atoms with E-state index < -0.39 is 0 Å². The fraction of sp³-hybridized carbons (Fsp3) is 0.417. The SMILES string of the molecule is CCCC(=O)NCCc1cc(Cl)cc(Cl)c1. The summed E-state index contributed by atoms with van der Waals surface area (Å²) in [5, 5.41) is 4.10. The van der Waals surface area contributed by atoms with Gasteiger partial charge in [0.2, 0.25) is 5.91 Å². The van der Waals surface area contributed by atoms with Gasteiger partial charge in [-0.2, -0.15) is 0 Å². The fourth-order valence-corrected chi connectivity index (χ4v) is 1.99. The molecule has 0 aromatic heterocycles. The molecule has 0 aliphatic rings. The van der Waals surface area contributed by atoms with Gasteiger partial charge in [0, 0.05) is 23.0 Å². The molecular formula is C12H15Cl2NO. The van der Waals surface area contributed by atoms with E-state index in [-0.39, 0.29) is 5.91 Å². The zero-order valence-corrected chi connectivity index (χ0v) is 10.7. The number of hydrogen-bond donors (Lipinski definition) is 1. The minimum atomic E-state index is 0.0932. The van der Waals surface area contributed by atoms with E-state index in [1.807, 2.05) is 19.1 Å². The Labute approximate surface area is 106 Å². The van der Waals surface area contributed by atoms with Crippen molar-refractivity contribution in [2.45, 2.75) is 26.2 Å². The van der Waals surface area contributed by atoms with Crippen LogP contribution in [0.25, 0.3) is 0 Å². The number of carbonyl (C=O) groups excluding carboxylic acids is 1. The summed E-state index contributed by atoms with van der Waals surface area (Å²) >= 11 is 11.7. The van der Waals surface area contributed by atoms with Gasteiger partial charge in [0.05, 0.1) is 0 Å². The molecule has 1 rings (SSSR count). The Bertz CT molecular complexity index is 346. The zero-order chi connectivity index (χ0) is 12.0. The van der Waals surface area contributed by atoms with Gasteiger partial charge in [0.1, 0.15) is 0 Å². The molecule has 0 saturated carbocycles. The van der Waals surface area contributed by atoms with Gasteiger partial charge >= 0.3 is 0 Å². The third kappa shape index (κ3) is 4.86. The first-order valence-corrected chi connectivity index (χ1v) is 6.09. The van der Waals surface area contributed by atoms with Crippen molar-refractivity contribution in [1.82, 2.24) is 5.32 Å². The van der Waals surface area contributed by atoms with E-state index in [0.717, 1.165) is 18.4 Å². The van der Waals surface area contributed by atoms with E-state index in [9.17, 15) is 4.79 Å². The molecule has 0 aliphatic heterocycles. The molecule has 0 spiro atoms.